The van der Waals surface area contributed by atoms with Gasteiger partial charge in [0, 0.05) is 29.5 Å². The third-order valence-corrected chi connectivity index (χ3v) is 5.30. The Morgan fingerprint density at radius 3 is 2.37 bits per heavy atom. The summed E-state index contributed by atoms with van der Waals surface area (Å²) in [5, 5.41) is 0. The van der Waals surface area contributed by atoms with E-state index in [0.717, 1.165) is 22.8 Å². The van der Waals surface area contributed by atoms with Crippen LogP contribution in [0.4, 0.5) is 0 Å². The predicted molar refractivity (Wildman–Crippen MR) is 105 cm³/mol. The van der Waals surface area contributed by atoms with E-state index in [-0.39, 0.29) is 5.92 Å². The molecule has 2 heterocycles. The first-order valence-corrected chi connectivity index (χ1v) is 9.15. The third-order valence-electron chi connectivity index (χ3n) is 5.30. The molecule has 3 nitrogen and oxygen atoms in total. The molecule has 0 fully saturated rings. The van der Waals surface area contributed by atoms with Crippen molar-refractivity contribution in [3.63, 3.8) is 0 Å². The van der Waals surface area contributed by atoms with Gasteiger partial charge in [-0.3, -0.25) is 0 Å². The maximum atomic E-state index is 6.38. The van der Waals surface area contributed by atoms with E-state index in [4.69, 9.17) is 14.2 Å². The molecule has 0 saturated heterocycles. The number of rotatable bonds is 2. The first-order chi connectivity index (χ1) is 13.3. The van der Waals surface area contributed by atoms with Crippen molar-refractivity contribution in [2.75, 3.05) is 7.11 Å². The maximum absolute atomic E-state index is 6.38. The highest BCUT2D eigenvalue weighted by molar-refractivity contribution is 5.61. The molecule has 134 valence electrons. The zero-order valence-corrected chi connectivity index (χ0v) is 15.1. The number of benzene rings is 3. The molecule has 0 radical (unpaired) electrons. The molecule has 1 spiro atoms. The van der Waals surface area contributed by atoms with E-state index < -0.39 is 5.79 Å². The van der Waals surface area contributed by atoms with Crippen LogP contribution in [0.5, 0.6) is 17.2 Å². The summed E-state index contributed by atoms with van der Waals surface area (Å²) in [7, 11) is 1.69. The van der Waals surface area contributed by atoms with Crippen molar-refractivity contribution >= 4 is 6.08 Å². The summed E-state index contributed by atoms with van der Waals surface area (Å²) in [5.74, 6) is 1.96. The minimum atomic E-state index is -0.798. The van der Waals surface area contributed by atoms with Crippen LogP contribution in [0, 0.1) is 0 Å². The molecule has 5 rings (SSSR count). The van der Waals surface area contributed by atoms with Crippen molar-refractivity contribution < 1.29 is 14.2 Å². The number of para-hydroxylation sites is 2. The van der Waals surface area contributed by atoms with Crippen LogP contribution in [0.25, 0.3) is 6.08 Å². The van der Waals surface area contributed by atoms with Gasteiger partial charge in [-0.05, 0) is 35.9 Å². The van der Waals surface area contributed by atoms with Crippen LogP contribution in [-0.4, -0.2) is 12.9 Å². The molecule has 3 heteroatoms. The molecule has 2 atom stereocenters. The van der Waals surface area contributed by atoms with E-state index in [0.29, 0.717) is 6.42 Å². The fourth-order valence-corrected chi connectivity index (χ4v) is 3.93. The average Bonchev–Trinajstić information content (AvgIpc) is 2.73. The summed E-state index contributed by atoms with van der Waals surface area (Å²) in [6, 6.07) is 24.5. The Bertz CT molecular complexity index is 1010. The topological polar surface area (TPSA) is 27.7 Å². The summed E-state index contributed by atoms with van der Waals surface area (Å²) in [6.07, 6.45) is 4.85. The van der Waals surface area contributed by atoms with E-state index >= 15 is 0 Å². The van der Waals surface area contributed by atoms with E-state index in [2.05, 4.69) is 36.4 Å². The largest absolute Gasteiger partial charge is 0.497 e. The quantitative estimate of drug-likeness (QED) is 0.614. The maximum Gasteiger partial charge on any atom is 0.272 e. The van der Waals surface area contributed by atoms with Gasteiger partial charge in [0.2, 0.25) is 0 Å². The molecule has 2 aliphatic rings. The molecule has 3 aromatic carbocycles. The van der Waals surface area contributed by atoms with Crippen LogP contribution in [0.2, 0.25) is 0 Å². The smallest absolute Gasteiger partial charge is 0.272 e. The first kappa shape index (κ1) is 16.0. The highest BCUT2D eigenvalue weighted by Gasteiger charge is 2.43. The third kappa shape index (κ3) is 2.76. The molecule has 0 unspecified atom stereocenters. The molecule has 0 aromatic heterocycles. The van der Waals surface area contributed by atoms with Crippen molar-refractivity contribution in [3.8, 4) is 17.2 Å². The summed E-state index contributed by atoms with van der Waals surface area (Å²) in [4.78, 5) is 0. The van der Waals surface area contributed by atoms with Crippen LogP contribution in [0.15, 0.2) is 78.9 Å². The summed E-state index contributed by atoms with van der Waals surface area (Å²) < 4.78 is 18.1. The van der Waals surface area contributed by atoms with Gasteiger partial charge in [-0.2, -0.15) is 0 Å². The van der Waals surface area contributed by atoms with E-state index in [1.54, 1.807) is 7.11 Å². The van der Waals surface area contributed by atoms with Crippen molar-refractivity contribution in [3.05, 3.63) is 95.6 Å². The lowest BCUT2D eigenvalue weighted by Crippen LogP contribution is -2.46. The molecule has 0 amide bonds. The second-order valence-corrected chi connectivity index (χ2v) is 6.95. The Morgan fingerprint density at radius 2 is 1.56 bits per heavy atom. The first-order valence-electron chi connectivity index (χ1n) is 9.15. The van der Waals surface area contributed by atoms with Gasteiger partial charge in [0.25, 0.3) is 5.79 Å². The second kappa shape index (κ2) is 6.20. The van der Waals surface area contributed by atoms with Crippen LogP contribution < -0.4 is 14.2 Å². The molecule has 3 aromatic rings. The Kier molecular flexibility index (Phi) is 3.68. The van der Waals surface area contributed by atoms with Gasteiger partial charge in [0.05, 0.1) is 7.11 Å². The second-order valence-electron chi connectivity index (χ2n) is 6.95. The van der Waals surface area contributed by atoms with Gasteiger partial charge in [0.15, 0.2) is 0 Å². The van der Waals surface area contributed by atoms with Gasteiger partial charge < -0.3 is 14.2 Å². The summed E-state index contributed by atoms with van der Waals surface area (Å²) in [6.45, 7) is 0. The molecule has 0 N–H and O–H groups in total. The zero-order valence-electron chi connectivity index (χ0n) is 15.1. The SMILES string of the molecule is COc1ccc([C@@H]2C[C@]3(C=Cc4ccccc4O3)Oc3ccccc32)cc1. The Labute approximate surface area is 158 Å². The summed E-state index contributed by atoms with van der Waals surface area (Å²) in [5.41, 5.74) is 3.48. The van der Waals surface area contributed by atoms with E-state index in [1.807, 2.05) is 48.5 Å². The van der Waals surface area contributed by atoms with Gasteiger partial charge in [0.1, 0.15) is 17.2 Å². The molecular weight excluding hydrogens is 336 g/mol. The summed E-state index contributed by atoms with van der Waals surface area (Å²) >= 11 is 0. The minimum absolute atomic E-state index is 0.177. The monoisotopic (exact) mass is 356 g/mol. The molecular formula is C24H20O3. The molecule has 0 bridgehead atoms. The fourth-order valence-electron chi connectivity index (χ4n) is 3.93. The van der Waals surface area contributed by atoms with Crippen molar-refractivity contribution in [1.82, 2.24) is 0 Å². The molecule has 27 heavy (non-hydrogen) atoms. The number of hydrogen-bond acceptors (Lipinski definition) is 3. The zero-order chi connectivity index (χ0) is 18.3. The minimum Gasteiger partial charge on any atom is -0.497 e. The van der Waals surface area contributed by atoms with Gasteiger partial charge in [-0.25, -0.2) is 0 Å². The van der Waals surface area contributed by atoms with Gasteiger partial charge in [-0.15, -0.1) is 0 Å². The molecule has 2 aliphatic heterocycles. The van der Waals surface area contributed by atoms with Crippen LogP contribution >= 0.6 is 0 Å². The lowest BCUT2D eigenvalue weighted by molar-refractivity contribution is -0.0902. The number of fused-ring (bicyclic) bond motifs is 2. The van der Waals surface area contributed by atoms with Crippen molar-refractivity contribution in [1.29, 1.82) is 0 Å². The Hall–Kier alpha value is -3.20. The van der Waals surface area contributed by atoms with Gasteiger partial charge >= 0.3 is 0 Å². The van der Waals surface area contributed by atoms with Crippen LogP contribution in [0.3, 0.4) is 0 Å². The average molecular weight is 356 g/mol. The van der Waals surface area contributed by atoms with Crippen LogP contribution in [0.1, 0.15) is 29.0 Å². The fraction of sp³-hybridized carbons (Fsp3) is 0.167. The predicted octanol–water partition coefficient (Wildman–Crippen LogP) is 5.41. The van der Waals surface area contributed by atoms with E-state index in [1.165, 1.54) is 11.1 Å². The highest BCUT2D eigenvalue weighted by atomic mass is 16.7. The van der Waals surface area contributed by atoms with Crippen molar-refractivity contribution in [2.45, 2.75) is 18.1 Å². The van der Waals surface area contributed by atoms with E-state index in [9.17, 15) is 0 Å². The molecule has 0 aliphatic carbocycles. The normalized spacial score (nSPS) is 22.3. The number of ether oxygens (including phenoxy) is 3. The standard InChI is InChI=1S/C24H20O3/c1-25-19-12-10-17(11-13-19)21-16-24(27-23-9-5-3-7-20(21)23)15-14-18-6-2-4-8-22(18)26-24/h2-15,21H,16H2,1H3/t21-,24-/m0/s1. The lowest BCUT2D eigenvalue weighted by Gasteiger charge is -2.42. The van der Waals surface area contributed by atoms with Crippen molar-refractivity contribution in [2.24, 2.45) is 0 Å². The molecule has 0 saturated carbocycles. The Morgan fingerprint density at radius 1 is 0.852 bits per heavy atom. The Balaban J connectivity index is 1.58. The van der Waals surface area contributed by atoms with Crippen LogP contribution in [-0.2, 0) is 0 Å². The lowest BCUT2D eigenvalue weighted by atomic mass is 9.82. The number of methoxy groups -OCH3 is 1. The highest BCUT2D eigenvalue weighted by Crippen LogP contribution is 2.47. The van der Waals surface area contributed by atoms with Gasteiger partial charge in [-0.1, -0.05) is 48.5 Å². The number of hydrogen-bond donors (Lipinski definition) is 0.